The Morgan fingerprint density at radius 2 is 2.23 bits per heavy atom. The second-order valence-corrected chi connectivity index (χ2v) is 6.55. The van der Waals surface area contributed by atoms with Crippen molar-refractivity contribution in [2.24, 2.45) is 5.92 Å². The number of hydrogen-bond acceptors (Lipinski definition) is 5. The zero-order valence-electron chi connectivity index (χ0n) is 12.0. The standard InChI is InChI=1S/C15H15N3O3S/c1-9-6-7-11-13(8-9)22-15(16-11)17-14(19)10-4-2-3-5-12(10)18(20)21/h2-5,9H,6-8H2,1H3,(H,16,17,19). The molecule has 0 saturated heterocycles. The highest BCUT2D eigenvalue weighted by molar-refractivity contribution is 7.15. The van der Waals surface area contributed by atoms with Gasteiger partial charge in [0.1, 0.15) is 5.56 Å². The molecule has 0 bridgehead atoms. The first-order valence-corrected chi connectivity index (χ1v) is 7.89. The maximum absolute atomic E-state index is 12.3. The van der Waals surface area contributed by atoms with Crippen molar-refractivity contribution in [3.8, 4) is 0 Å². The Balaban J connectivity index is 1.82. The van der Waals surface area contributed by atoms with Crippen LogP contribution in [0.15, 0.2) is 24.3 Å². The molecule has 1 aliphatic carbocycles. The van der Waals surface area contributed by atoms with Crippen LogP contribution in [0, 0.1) is 16.0 Å². The Labute approximate surface area is 131 Å². The van der Waals surface area contributed by atoms with Crippen LogP contribution >= 0.6 is 11.3 Å². The van der Waals surface area contributed by atoms with E-state index >= 15 is 0 Å². The van der Waals surface area contributed by atoms with E-state index in [2.05, 4.69) is 17.2 Å². The van der Waals surface area contributed by atoms with E-state index in [1.54, 1.807) is 12.1 Å². The molecule has 6 nitrogen and oxygen atoms in total. The Morgan fingerprint density at radius 3 is 3.00 bits per heavy atom. The molecular weight excluding hydrogens is 302 g/mol. The molecule has 114 valence electrons. The number of para-hydroxylation sites is 1. The lowest BCUT2D eigenvalue weighted by Crippen LogP contribution is -2.13. The minimum atomic E-state index is -0.552. The first-order valence-electron chi connectivity index (χ1n) is 7.08. The summed E-state index contributed by atoms with van der Waals surface area (Å²) in [4.78, 5) is 28.3. The van der Waals surface area contributed by atoms with Gasteiger partial charge >= 0.3 is 0 Å². The quantitative estimate of drug-likeness (QED) is 0.694. The summed E-state index contributed by atoms with van der Waals surface area (Å²) in [5.41, 5.74) is 0.893. The average molecular weight is 317 g/mol. The van der Waals surface area contributed by atoms with E-state index in [0.29, 0.717) is 11.0 Å². The molecule has 7 heteroatoms. The first kappa shape index (κ1) is 14.6. The summed E-state index contributed by atoms with van der Waals surface area (Å²) < 4.78 is 0. The molecule has 22 heavy (non-hydrogen) atoms. The van der Waals surface area contributed by atoms with Crippen LogP contribution in [0.25, 0.3) is 0 Å². The maximum Gasteiger partial charge on any atom is 0.282 e. The molecular formula is C15H15N3O3S. The maximum atomic E-state index is 12.3. The monoisotopic (exact) mass is 317 g/mol. The normalized spacial score (nSPS) is 16.9. The zero-order chi connectivity index (χ0) is 15.7. The number of fused-ring (bicyclic) bond motifs is 1. The highest BCUT2D eigenvalue weighted by Gasteiger charge is 2.23. The number of amides is 1. The van der Waals surface area contributed by atoms with Crippen molar-refractivity contribution in [3.05, 3.63) is 50.5 Å². The van der Waals surface area contributed by atoms with E-state index < -0.39 is 10.8 Å². The lowest BCUT2D eigenvalue weighted by atomic mass is 9.93. The second-order valence-electron chi connectivity index (χ2n) is 5.47. The Kier molecular flexibility index (Phi) is 3.89. The second kappa shape index (κ2) is 5.84. The largest absolute Gasteiger partial charge is 0.298 e. The number of carbonyl (C=O) groups is 1. The minimum absolute atomic E-state index is 0.0500. The van der Waals surface area contributed by atoms with Gasteiger partial charge in [-0.2, -0.15) is 0 Å². The third-order valence-electron chi connectivity index (χ3n) is 3.75. The fourth-order valence-electron chi connectivity index (χ4n) is 2.58. The van der Waals surface area contributed by atoms with E-state index in [4.69, 9.17) is 0 Å². The molecule has 0 radical (unpaired) electrons. The highest BCUT2D eigenvalue weighted by Crippen LogP contribution is 2.32. The van der Waals surface area contributed by atoms with Crippen LogP contribution in [0.2, 0.25) is 0 Å². The molecule has 1 aromatic carbocycles. The van der Waals surface area contributed by atoms with E-state index in [1.807, 2.05) is 0 Å². The molecule has 1 N–H and O–H groups in total. The fraction of sp³-hybridized carbons (Fsp3) is 0.333. The molecule has 0 aliphatic heterocycles. The Hall–Kier alpha value is -2.28. The molecule has 1 amide bonds. The minimum Gasteiger partial charge on any atom is -0.298 e. The molecule has 1 aromatic heterocycles. The van der Waals surface area contributed by atoms with Crippen LogP contribution in [-0.4, -0.2) is 15.8 Å². The lowest BCUT2D eigenvalue weighted by Gasteiger charge is -2.15. The first-order chi connectivity index (χ1) is 10.5. The van der Waals surface area contributed by atoms with Gasteiger partial charge in [0.25, 0.3) is 11.6 Å². The number of thiazole rings is 1. The molecule has 0 fully saturated rings. The van der Waals surface area contributed by atoms with Gasteiger partial charge in [0.2, 0.25) is 0 Å². The lowest BCUT2D eigenvalue weighted by molar-refractivity contribution is -0.385. The number of rotatable bonds is 3. The number of aryl methyl sites for hydroxylation is 1. The van der Waals surface area contributed by atoms with Crippen molar-refractivity contribution in [1.82, 2.24) is 4.98 Å². The van der Waals surface area contributed by atoms with Crippen molar-refractivity contribution in [2.45, 2.75) is 26.2 Å². The van der Waals surface area contributed by atoms with E-state index in [0.717, 1.165) is 25.0 Å². The summed E-state index contributed by atoms with van der Waals surface area (Å²) in [7, 11) is 0. The van der Waals surface area contributed by atoms with Crippen LogP contribution in [-0.2, 0) is 12.8 Å². The number of nitrogens with one attached hydrogen (secondary N) is 1. The van der Waals surface area contributed by atoms with Crippen LogP contribution in [0.3, 0.4) is 0 Å². The van der Waals surface area contributed by atoms with Crippen molar-refractivity contribution in [1.29, 1.82) is 0 Å². The summed E-state index contributed by atoms with van der Waals surface area (Å²) >= 11 is 1.46. The average Bonchev–Trinajstić information content (AvgIpc) is 2.88. The van der Waals surface area contributed by atoms with E-state index in [9.17, 15) is 14.9 Å². The summed E-state index contributed by atoms with van der Waals surface area (Å²) in [5.74, 6) is 0.137. The van der Waals surface area contributed by atoms with Crippen LogP contribution in [0.5, 0.6) is 0 Å². The molecule has 2 aromatic rings. The SMILES string of the molecule is CC1CCc2nc(NC(=O)c3ccccc3[N+](=O)[O-])sc2C1. The number of nitro benzene ring substituents is 1. The summed E-state index contributed by atoms with van der Waals surface area (Å²) in [6.45, 7) is 2.20. The van der Waals surface area contributed by atoms with Gasteiger partial charge < -0.3 is 0 Å². The predicted octanol–water partition coefficient (Wildman–Crippen LogP) is 3.43. The van der Waals surface area contributed by atoms with Crippen molar-refractivity contribution < 1.29 is 9.72 Å². The Bertz CT molecular complexity index is 741. The van der Waals surface area contributed by atoms with Gasteiger partial charge in [0.05, 0.1) is 10.6 Å². The molecule has 1 unspecified atom stereocenters. The highest BCUT2D eigenvalue weighted by atomic mass is 32.1. The van der Waals surface area contributed by atoms with Gasteiger partial charge in [0.15, 0.2) is 5.13 Å². The zero-order valence-corrected chi connectivity index (χ0v) is 12.9. The van der Waals surface area contributed by atoms with Crippen LogP contribution in [0.4, 0.5) is 10.8 Å². The molecule has 0 saturated carbocycles. The van der Waals surface area contributed by atoms with Crippen LogP contribution < -0.4 is 5.32 Å². The fourth-order valence-corrected chi connectivity index (χ4v) is 3.75. The Morgan fingerprint density at radius 1 is 1.45 bits per heavy atom. The number of benzene rings is 1. The molecule has 1 atom stereocenters. The summed E-state index contributed by atoms with van der Waals surface area (Å²) in [5, 5.41) is 14.2. The molecule has 3 rings (SSSR count). The molecule has 1 aliphatic rings. The summed E-state index contributed by atoms with van der Waals surface area (Å²) in [6, 6.07) is 5.92. The third-order valence-corrected chi connectivity index (χ3v) is 4.79. The van der Waals surface area contributed by atoms with Gasteiger partial charge in [-0.3, -0.25) is 20.2 Å². The molecule has 0 spiro atoms. The number of nitrogens with zero attached hydrogens (tertiary/aromatic N) is 2. The number of carbonyl (C=O) groups excluding carboxylic acids is 1. The van der Waals surface area contributed by atoms with E-state index in [1.165, 1.54) is 28.3 Å². The third kappa shape index (κ3) is 2.85. The topological polar surface area (TPSA) is 85.1 Å². The van der Waals surface area contributed by atoms with Crippen molar-refractivity contribution in [3.63, 3.8) is 0 Å². The van der Waals surface area contributed by atoms with Gasteiger partial charge in [-0.25, -0.2) is 4.98 Å². The van der Waals surface area contributed by atoms with Gasteiger partial charge in [0, 0.05) is 10.9 Å². The van der Waals surface area contributed by atoms with Crippen LogP contribution in [0.1, 0.15) is 34.3 Å². The van der Waals surface area contributed by atoms with Crippen molar-refractivity contribution in [2.75, 3.05) is 5.32 Å². The number of anilines is 1. The number of aromatic nitrogens is 1. The summed E-state index contributed by atoms with van der Waals surface area (Å²) in [6.07, 6.45) is 3.01. The molecule has 1 heterocycles. The smallest absolute Gasteiger partial charge is 0.282 e. The van der Waals surface area contributed by atoms with Gasteiger partial charge in [-0.15, -0.1) is 11.3 Å². The van der Waals surface area contributed by atoms with Gasteiger partial charge in [-0.05, 0) is 31.2 Å². The number of nitro groups is 1. The predicted molar refractivity (Wildman–Crippen MR) is 84.4 cm³/mol. The number of hydrogen-bond donors (Lipinski definition) is 1. The van der Waals surface area contributed by atoms with Gasteiger partial charge in [-0.1, -0.05) is 19.1 Å². The van der Waals surface area contributed by atoms with Crippen molar-refractivity contribution >= 4 is 28.1 Å². The van der Waals surface area contributed by atoms with E-state index in [-0.39, 0.29) is 11.3 Å².